The van der Waals surface area contributed by atoms with Crippen LogP contribution in [-0.4, -0.2) is 16.1 Å². The second-order valence-corrected chi connectivity index (χ2v) is 5.79. The van der Waals surface area contributed by atoms with Gasteiger partial charge in [-0.3, -0.25) is 0 Å². The molecule has 0 saturated heterocycles. The molecule has 98 valence electrons. The van der Waals surface area contributed by atoms with Crippen LogP contribution in [0.25, 0.3) is 0 Å². The van der Waals surface area contributed by atoms with E-state index >= 15 is 0 Å². The topological polar surface area (TPSA) is 50.2 Å². The highest BCUT2D eigenvalue weighted by atomic mass is 79.9. The molecule has 0 atom stereocenters. The van der Waals surface area contributed by atoms with Crippen LogP contribution in [0.2, 0.25) is 0 Å². The fourth-order valence-corrected chi connectivity index (χ4v) is 2.97. The third kappa shape index (κ3) is 3.58. The molecule has 3 nitrogen and oxygen atoms in total. The van der Waals surface area contributed by atoms with Crippen LogP contribution in [0.4, 0.5) is 0 Å². The highest BCUT2D eigenvalue weighted by Gasteiger charge is 2.10. The quantitative estimate of drug-likeness (QED) is 0.905. The summed E-state index contributed by atoms with van der Waals surface area (Å²) in [6.07, 6.45) is 0.713. The number of hydrogen-bond donors (Lipinski definition) is 1. The van der Waals surface area contributed by atoms with E-state index in [1.165, 1.54) is 11.8 Å². The molecule has 0 saturated carbocycles. The average Bonchev–Trinajstić information content (AvgIpc) is 2.41. The first-order chi connectivity index (χ1) is 9.10. The van der Waals surface area contributed by atoms with E-state index in [-0.39, 0.29) is 5.56 Å². The van der Waals surface area contributed by atoms with Crippen molar-refractivity contribution in [2.24, 2.45) is 0 Å². The standard InChI is InChI=1S/C14H12BrNO2S/c1-2-10-7-9(14(17)18)8-13(16-10)19-12-6-4-3-5-11(12)15/h3-8H,2H2,1H3,(H,17,18). The molecule has 5 heteroatoms. The maximum Gasteiger partial charge on any atom is 0.335 e. The maximum atomic E-state index is 11.1. The van der Waals surface area contributed by atoms with Gasteiger partial charge in [-0.25, -0.2) is 9.78 Å². The lowest BCUT2D eigenvalue weighted by Gasteiger charge is -2.06. The molecule has 1 aromatic heterocycles. The van der Waals surface area contributed by atoms with Gasteiger partial charge in [0, 0.05) is 15.1 Å². The van der Waals surface area contributed by atoms with Gasteiger partial charge >= 0.3 is 5.97 Å². The smallest absolute Gasteiger partial charge is 0.335 e. The van der Waals surface area contributed by atoms with Gasteiger partial charge in [0.15, 0.2) is 0 Å². The molecule has 0 amide bonds. The number of aromatic carboxylic acids is 1. The molecule has 1 N–H and O–H groups in total. The van der Waals surface area contributed by atoms with Gasteiger partial charge in [0.2, 0.25) is 0 Å². The lowest BCUT2D eigenvalue weighted by Crippen LogP contribution is -2.00. The van der Waals surface area contributed by atoms with Crippen LogP contribution in [0.3, 0.4) is 0 Å². The number of hydrogen-bond acceptors (Lipinski definition) is 3. The van der Waals surface area contributed by atoms with E-state index < -0.39 is 5.97 Å². The van der Waals surface area contributed by atoms with Gasteiger partial charge in [-0.05, 0) is 46.6 Å². The predicted molar refractivity (Wildman–Crippen MR) is 78.8 cm³/mol. The zero-order valence-corrected chi connectivity index (χ0v) is 12.7. The molecule has 0 aliphatic heterocycles. The predicted octanol–water partition coefficient (Wildman–Crippen LogP) is 4.26. The molecule has 2 aromatic rings. The largest absolute Gasteiger partial charge is 0.478 e. The summed E-state index contributed by atoms with van der Waals surface area (Å²) in [4.78, 5) is 16.6. The summed E-state index contributed by atoms with van der Waals surface area (Å²) >= 11 is 4.93. The average molecular weight is 338 g/mol. The van der Waals surface area contributed by atoms with Crippen molar-refractivity contribution in [1.82, 2.24) is 4.98 Å². The van der Waals surface area contributed by atoms with Gasteiger partial charge in [0.05, 0.1) is 5.56 Å². The SMILES string of the molecule is CCc1cc(C(=O)O)cc(Sc2ccccc2Br)n1. The van der Waals surface area contributed by atoms with Crippen molar-refractivity contribution in [3.8, 4) is 0 Å². The van der Waals surface area contributed by atoms with E-state index in [0.717, 1.165) is 15.1 Å². The molecule has 1 aromatic carbocycles. The Labute approximate surface area is 124 Å². The molecule has 0 fully saturated rings. The number of nitrogens with zero attached hydrogens (tertiary/aromatic N) is 1. The summed E-state index contributed by atoms with van der Waals surface area (Å²) in [6, 6.07) is 11.0. The molecule has 0 aliphatic carbocycles. The third-order valence-corrected chi connectivity index (χ3v) is 4.46. The number of carboxylic acids is 1. The summed E-state index contributed by atoms with van der Waals surface area (Å²) in [5, 5.41) is 9.80. The van der Waals surface area contributed by atoms with E-state index in [9.17, 15) is 4.79 Å². The number of aromatic nitrogens is 1. The molecule has 0 spiro atoms. The van der Waals surface area contributed by atoms with Crippen LogP contribution in [0.15, 0.2) is 50.8 Å². The fraction of sp³-hybridized carbons (Fsp3) is 0.143. The number of benzene rings is 1. The molecule has 0 aliphatic rings. The Bertz CT molecular complexity index is 616. The Morgan fingerprint density at radius 2 is 2.11 bits per heavy atom. The van der Waals surface area contributed by atoms with Gasteiger partial charge < -0.3 is 5.11 Å². The summed E-state index contributed by atoms with van der Waals surface area (Å²) in [5.74, 6) is -0.925. The lowest BCUT2D eigenvalue weighted by atomic mass is 10.2. The molecule has 2 rings (SSSR count). The van der Waals surface area contributed by atoms with Crippen LogP contribution in [-0.2, 0) is 6.42 Å². The zero-order chi connectivity index (χ0) is 13.8. The Morgan fingerprint density at radius 3 is 2.74 bits per heavy atom. The summed E-state index contributed by atoms with van der Waals surface area (Å²) in [7, 11) is 0. The summed E-state index contributed by atoms with van der Waals surface area (Å²) < 4.78 is 0.973. The third-order valence-electron chi connectivity index (χ3n) is 2.52. The van der Waals surface area contributed by atoms with Gasteiger partial charge in [-0.2, -0.15) is 0 Å². The van der Waals surface area contributed by atoms with Crippen molar-refractivity contribution >= 4 is 33.7 Å². The van der Waals surface area contributed by atoms with Crippen LogP contribution < -0.4 is 0 Å². The molecule has 0 radical (unpaired) electrons. The number of rotatable bonds is 4. The van der Waals surface area contributed by atoms with Crippen LogP contribution in [0.1, 0.15) is 23.0 Å². The Balaban J connectivity index is 2.37. The van der Waals surface area contributed by atoms with Crippen molar-refractivity contribution < 1.29 is 9.90 Å². The van der Waals surface area contributed by atoms with Crippen LogP contribution >= 0.6 is 27.7 Å². The van der Waals surface area contributed by atoms with Crippen molar-refractivity contribution in [1.29, 1.82) is 0 Å². The number of halogens is 1. The summed E-state index contributed by atoms with van der Waals surface area (Å²) in [6.45, 7) is 1.96. The number of pyridine rings is 1. The van der Waals surface area contributed by atoms with Crippen molar-refractivity contribution in [2.45, 2.75) is 23.3 Å². The lowest BCUT2D eigenvalue weighted by molar-refractivity contribution is 0.0696. The van der Waals surface area contributed by atoms with Crippen molar-refractivity contribution in [3.63, 3.8) is 0 Å². The minimum absolute atomic E-state index is 0.279. The normalized spacial score (nSPS) is 10.4. The Morgan fingerprint density at radius 1 is 1.37 bits per heavy atom. The van der Waals surface area contributed by atoms with E-state index in [0.29, 0.717) is 11.4 Å². The second kappa shape index (κ2) is 6.21. The molecule has 19 heavy (non-hydrogen) atoms. The van der Waals surface area contributed by atoms with Gasteiger partial charge in [0.1, 0.15) is 5.03 Å². The van der Waals surface area contributed by atoms with E-state index in [4.69, 9.17) is 5.11 Å². The Kier molecular flexibility index (Phi) is 4.61. The molecule has 0 bridgehead atoms. The molecule has 0 unspecified atom stereocenters. The van der Waals surface area contributed by atoms with Crippen LogP contribution in [0, 0.1) is 0 Å². The number of carbonyl (C=O) groups is 1. The van der Waals surface area contributed by atoms with Gasteiger partial charge in [-0.1, -0.05) is 30.8 Å². The van der Waals surface area contributed by atoms with Crippen molar-refractivity contribution in [3.05, 3.63) is 52.1 Å². The minimum Gasteiger partial charge on any atom is -0.478 e. The van der Waals surface area contributed by atoms with E-state index in [1.807, 2.05) is 31.2 Å². The van der Waals surface area contributed by atoms with E-state index in [2.05, 4.69) is 20.9 Å². The molecular formula is C14H12BrNO2S. The molecular weight excluding hydrogens is 326 g/mol. The van der Waals surface area contributed by atoms with Gasteiger partial charge in [-0.15, -0.1) is 0 Å². The summed E-state index contributed by atoms with van der Waals surface area (Å²) in [5.41, 5.74) is 1.07. The Hall–Kier alpha value is -1.33. The van der Waals surface area contributed by atoms with Gasteiger partial charge in [0.25, 0.3) is 0 Å². The monoisotopic (exact) mass is 337 g/mol. The highest BCUT2D eigenvalue weighted by molar-refractivity contribution is 9.10. The first kappa shape index (κ1) is 14.1. The van der Waals surface area contributed by atoms with E-state index in [1.54, 1.807) is 12.1 Å². The first-order valence-corrected chi connectivity index (χ1v) is 7.37. The number of aryl methyl sites for hydroxylation is 1. The maximum absolute atomic E-state index is 11.1. The van der Waals surface area contributed by atoms with Crippen LogP contribution in [0.5, 0.6) is 0 Å². The zero-order valence-electron chi connectivity index (χ0n) is 10.3. The highest BCUT2D eigenvalue weighted by Crippen LogP contribution is 2.32. The minimum atomic E-state index is -0.925. The van der Waals surface area contributed by atoms with Crippen molar-refractivity contribution in [2.75, 3.05) is 0 Å². The second-order valence-electron chi connectivity index (χ2n) is 3.88. The number of carboxylic acid groups (broad SMARTS) is 1. The first-order valence-electron chi connectivity index (χ1n) is 5.76. The fourth-order valence-electron chi connectivity index (χ4n) is 1.56. The molecule has 1 heterocycles.